The minimum Gasteiger partial charge on any atom is -0.324 e. The number of hydrogen-bond acceptors (Lipinski definition) is 3. The summed E-state index contributed by atoms with van der Waals surface area (Å²) in [6, 6.07) is 16.3. The van der Waals surface area contributed by atoms with Gasteiger partial charge in [-0.1, -0.05) is 43.3 Å². The molecule has 1 atom stereocenters. The van der Waals surface area contributed by atoms with Crippen molar-refractivity contribution in [2.75, 3.05) is 0 Å². The monoisotopic (exact) mass is 401 g/mol. The largest absolute Gasteiger partial charge is 0.324 e. The summed E-state index contributed by atoms with van der Waals surface area (Å²) in [4.78, 5) is 0.143. The van der Waals surface area contributed by atoms with E-state index >= 15 is 0 Å². The van der Waals surface area contributed by atoms with Gasteiger partial charge in [0.1, 0.15) is 11.6 Å². The fraction of sp³-hybridized carbons (Fsp3) is 0.182. The molecule has 0 amide bonds. The minimum atomic E-state index is -3.57. The van der Waals surface area contributed by atoms with Gasteiger partial charge in [0.25, 0.3) is 0 Å². The summed E-state index contributed by atoms with van der Waals surface area (Å²) in [5, 5.41) is 0. The van der Waals surface area contributed by atoms with E-state index in [2.05, 4.69) is 0 Å². The summed E-state index contributed by atoms with van der Waals surface area (Å²) < 4.78 is 52.5. The molecule has 3 nitrogen and oxygen atoms in total. The van der Waals surface area contributed by atoms with Gasteiger partial charge in [0, 0.05) is 17.7 Å². The molecule has 0 fully saturated rings. The van der Waals surface area contributed by atoms with E-state index in [0.29, 0.717) is 11.1 Å². The fourth-order valence-corrected chi connectivity index (χ4v) is 4.35. The van der Waals surface area contributed by atoms with Crippen molar-refractivity contribution in [1.29, 1.82) is 0 Å². The van der Waals surface area contributed by atoms with Gasteiger partial charge in [0.05, 0.1) is 10.6 Å². The van der Waals surface area contributed by atoms with Crippen LogP contribution >= 0.6 is 0 Å². The lowest BCUT2D eigenvalue weighted by molar-refractivity contribution is 0.585. The average Bonchev–Trinajstić information content (AvgIpc) is 2.67. The molecule has 0 saturated carbocycles. The molecule has 146 valence electrons. The number of hydrogen-bond donors (Lipinski definition) is 1. The molecule has 2 N–H and O–H groups in total. The van der Waals surface area contributed by atoms with Crippen molar-refractivity contribution >= 4 is 9.84 Å². The first-order chi connectivity index (χ1) is 13.3. The second-order valence-electron chi connectivity index (χ2n) is 6.67. The third-order valence-corrected chi connectivity index (χ3v) is 6.34. The summed E-state index contributed by atoms with van der Waals surface area (Å²) in [6.07, 6.45) is 0.762. The lowest BCUT2D eigenvalue weighted by Crippen LogP contribution is -2.10. The molecular formula is C22H21F2NO2S. The van der Waals surface area contributed by atoms with E-state index in [1.165, 1.54) is 30.3 Å². The molecule has 6 heteroatoms. The SMILES string of the molecule is CC[C@H](N)c1cccc(CS(=O)(=O)c2ccc(-c3ccc(F)cc3F)cc2)c1. The molecular weight excluding hydrogens is 380 g/mol. The van der Waals surface area contributed by atoms with Crippen molar-refractivity contribution in [2.45, 2.75) is 30.0 Å². The summed E-state index contributed by atoms with van der Waals surface area (Å²) in [6.45, 7) is 1.97. The molecule has 28 heavy (non-hydrogen) atoms. The summed E-state index contributed by atoms with van der Waals surface area (Å²) in [5.74, 6) is -1.51. The quantitative estimate of drug-likeness (QED) is 0.631. The molecule has 0 heterocycles. The van der Waals surface area contributed by atoms with Gasteiger partial charge in [-0.3, -0.25) is 0 Å². The summed E-state index contributed by atoms with van der Waals surface area (Å²) in [5.41, 5.74) is 8.28. The molecule has 0 bridgehead atoms. The number of rotatable bonds is 6. The minimum absolute atomic E-state index is 0.132. The first-order valence-corrected chi connectivity index (χ1v) is 10.6. The normalized spacial score (nSPS) is 12.7. The predicted molar refractivity (Wildman–Crippen MR) is 106 cm³/mol. The van der Waals surface area contributed by atoms with Crippen LogP contribution in [-0.4, -0.2) is 8.42 Å². The number of sulfone groups is 1. The van der Waals surface area contributed by atoms with Crippen molar-refractivity contribution < 1.29 is 17.2 Å². The van der Waals surface area contributed by atoms with Crippen LogP contribution in [0, 0.1) is 11.6 Å². The Bertz CT molecular complexity index is 1080. The Morgan fingerprint density at radius 2 is 1.68 bits per heavy atom. The molecule has 0 unspecified atom stereocenters. The van der Waals surface area contributed by atoms with Crippen molar-refractivity contribution in [1.82, 2.24) is 0 Å². The first-order valence-electron chi connectivity index (χ1n) is 8.93. The highest BCUT2D eigenvalue weighted by atomic mass is 32.2. The summed E-state index contributed by atoms with van der Waals surface area (Å²) >= 11 is 0. The molecule has 0 aromatic heterocycles. The maximum absolute atomic E-state index is 13.9. The van der Waals surface area contributed by atoms with Gasteiger partial charge >= 0.3 is 0 Å². The van der Waals surface area contributed by atoms with Crippen LogP contribution in [0.25, 0.3) is 11.1 Å². The van der Waals surface area contributed by atoms with Crippen LogP contribution in [0.5, 0.6) is 0 Å². The Labute approximate surface area is 163 Å². The van der Waals surface area contributed by atoms with Crippen molar-refractivity contribution in [2.24, 2.45) is 5.73 Å². The molecule has 0 spiro atoms. The van der Waals surface area contributed by atoms with Crippen LogP contribution in [0.3, 0.4) is 0 Å². The summed E-state index contributed by atoms with van der Waals surface area (Å²) in [7, 11) is -3.57. The zero-order chi connectivity index (χ0) is 20.3. The zero-order valence-electron chi connectivity index (χ0n) is 15.4. The molecule has 0 radical (unpaired) electrons. The van der Waals surface area contributed by atoms with E-state index in [1.807, 2.05) is 19.1 Å². The van der Waals surface area contributed by atoms with E-state index in [1.54, 1.807) is 12.1 Å². The molecule has 0 aliphatic carbocycles. The third-order valence-electron chi connectivity index (χ3n) is 4.63. The Morgan fingerprint density at radius 3 is 2.32 bits per heavy atom. The van der Waals surface area contributed by atoms with Crippen LogP contribution in [-0.2, 0) is 15.6 Å². The van der Waals surface area contributed by atoms with Crippen LogP contribution in [0.15, 0.2) is 71.6 Å². The van der Waals surface area contributed by atoms with Crippen LogP contribution < -0.4 is 5.73 Å². The van der Waals surface area contributed by atoms with Gasteiger partial charge in [-0.25, -0.2) is 17.2 Å². The highest BCUT2D eigenvalue weighted by Crippen LogP contribution is 2.26. The van der Waals surface area contributed by atoms with E-state index in [-0.39, 0.29) is 22.3 Å². The van der Waals surface area contributed by atoms with Gasteiger partial charge in [0.15, 0.2) is 9.84 Å². The molecule has 0 aliphatic rings. The van der Waals surface area contributed by atoms with Gasteiger partial charge in [-0.05, 0) is 47.4 Å². The molecule has 3 aromatic rings. The zero-order valence-corrected chi connectivity index (χ0v) is 16.2. The lowest BCUT2D eigenvalue weighted by Gasteiger charge is -2.11. The molecule has 3 aromatic carbocycles. The van der Waals surface area contributed by atoms with E-state index in [9.17, 15) is 17.2 Å². The number of halogens is 2. The Hall–Kier alpha value is -2.57. The Morgan fingerprint density at radius 1 is 0.964 bits per heavy atom. The van der Waals surface area contributed by atoms with Crippen molar-refractivity contribution in [3.05, 3.63) is 89.5 Å². The maximum Gasteiger partial charge on any atom is 0.182 e. The second-order valence-corrected chi connectivity index (χ2v) is 8.66. The maximum atomic E-state index is 13.9. The van der Waals surface area contributed by atoms with E-state index in [0.717, 1.165) is 24.1 Å². The molecule has 0 saturated heterocycles. The van der Waals surface area contributed by atoms with Crippen molar-refractivity contribution in [3.63, 3.8) is 0 Å². The van der Waals surface area contributed by atoms with Crippen LogP contribution in [0.4, 0.5) is 8.78 Å². The number of nitrogens with two attached hydrogens (primary N) is 1. The van der Waals surface area contributed by atoms with E-state index < -0.39 is 21.5 Å². The lowest BCUT2D eigenvalue weighted by atomic mass is 10.0. The van der Waals surface area contributed by atoms with Gasteiger partial charge in [-0.2, -0.15) is 0 Å². The van der Waals surface area contributed by atoms with Gasteiger partial charge in [0.2, 0.25) is 0 Å². The smallest absolute Gasteiger partial charge is 0.182 e. The Kier molecular flexibility index (Phi) is 5.91. The fourth-order valence-electron chi connectivity index (χ4n) is 3.02. The van der Waals surface area contributed by atoms with Gasteiger partial charge < -0.3 is 5.73 Å². The van der Waals surface area contributed by atoms with Crippen molar-refractivity contribution in [3.8, 4) is 11.1 Å². The molecule has 0 aliphatic heterocycles. The highest BCUT2D eigenvalue weighted by molar-refractivity contribution is 7.90. The van der Waals surface area contributed by atoms with Crippen LogP contribution in [0.1, 0.15) is 30.5 Å². The van der Waals surface area contributed by atoms with Crippen LogP contribution in [0.2, 0.25) is 0 Å². The Balaban J connectivity index is 1.85. The molecule has 3 rings (SSSR count). The topological polar surface area (TPSA) is 60.2 Å². The third kappa shape index (κ3) is 4.46. The average molecular weight is 401 g/mol. The first kappa shape index (κ1) is 20.2. The van der Waals surface area contributed by atoms with E-state index in [4.69, 9.17) is 5.73 Å². The standard InChI is InChI=1S/C22H21F2NO2S/c1-2-22(25)17-5-3-4-15(12-17)14-28(26,27)19-9-6-16(7-10-19)20-11-8-18(23)13-21(20)24/h3-13,22H,2,14,25H2,1H3/t22-/m0/s1. The highest BCUT2D eigenvalue weighted by Gasteiger charge is 2.17. The predicted octanol–water partition coefficient (Wildman–Crippen LogP) is 5.02. The number of benzene rings is 3. The van der Waals surface area contributed by atoms with Gasteiger partial charge in [-0.15, -0.1) is 0 Å². The second kappa shape index (κ2) is 8.20.